The number of hydrogen-bond donors (Lipinski definition) is 4. The van der Waals surface area contributed by atoms with E-state index in [0.29, 0.717) is 0 Å². The van der Waals surface area contributed by atoms with Crippen LogP contribution in [-0.4, -0.2) is 28.5 Å². The number of anilines is 2. The van der Waals surface area contributed by atoms with Crippen LogP contribution >= 0.6 is 12.2 Å². The first-order chi connectivity index (χ1) is 7.49. The molecule has 8 heteroatoms. The van der Waals surface area contributed by atoms with Crippen molar-refractivity contribution in [3.63, 3.8) is 0 Å². The monoisotopic (exact) mass is 241 g/mol. The molecule has 1 unspecified atom stereocenters. The number of amides is 1. The molecule has 0 spiro atoms. The Hall–Kier alpha value is -1.67. The van der Waals surface area contributed by atoms with E-state index >= 15 is 0 Å². The van der Waals surface area contributed by atoms with Gasteiger partial charge >= 0.3 is 0 Å². The van der Waals surface area contributed by atoms with Gasteiger partial charge in [-0.2, -0.15) is 0 Å². The van der Waals surface area contributed by atoms with Crippen LogP contribution in [0.2, 0.25) is 0 Å². The van der Waals surface area contributed by atoms with Gasteiger partial charge in [-0.25, -0.2) is 0 Å². The Balaban J connectivity index is 2.53. The molecule has 0 radical (unpaired) electrons. The largest absolute Gasteiger partial charge is 0.383 e. The smallest absolute Gasteiger partial charge is 0.277 e. The predicted octanol–water partition coefficient (Wildman–Crippen LogP) is -0.921. The molecule has 7 nitrogen and oxygen atoms in total. The second kappa shape index (κ2) is 3.72. The number of aromatic nitrogens is 2. The Morgan fingerprint density at radius 1 is 1.38 bits per heavy atom. The van der Waals surface area contributed by atoms with Crippen LogP contribution in [-0.2, 0) is 4.79 Å². The highest BCUT2D eigenvalue weighted by Crippen LogP contribution is 2.20. The average molecular weight is 241 g/mol. The van der Waals surface area contributed by atoms with Crippen molar-refractivity contribution in [2.45, 2.75) is 12.5 Å². The van der Waals surface area contributed by atoms with Crippen molar-refractivity contribution >= 4 is 29.6 Å². The molecule has 0 aromatic carbocycles. The van der Waals surface area contributed by atoms with E-state index in [9.17, 15) is 9.59 Å². The first-order valence-corrected chi connectivity index (χ1v) is 5.08. The van der Waals surface area contributed by atoms with E-state index in [1.165, 1.54) is 4.90 Å². The molecule has 2 heterocycles. The first kappa shape index (κ1) is 10.8. The predicted molar refractivity (Wildman–Crippen MR) is 61.6 cm³/mol. The standard InChI is InChI=1S/C8H11N5O2S/c9-3-1-4(14)13(2-3)5-6(10)11-8(16)12-7(5)15/h3H,1-2,9H2,(H4,10,11,12,15,16). The summed E-state index contributed by atoms with van der Waals surface area (Å²) in [5, 5.41) is 0. The molecular weight excluding hydrogens is 230 g/mol. The van der Waals surface area contributed by atoms with Crippen LogP contribution in [0.4, 0.5) is 11.5 Å². The molecule has 1 aliphatic rings. The summed E-state index contributed by atoms with van der Waals surface area (Å²) in [5.74, 6) is -0.133. The maximum atomic E-state index is 11.6. The van der Waals surface area contributed by atoms with Gasteiger partial charge in [0.2, 0.25) is 5.91 Å². The number of rotatable bonds is 1. The molecule has 1 aromatic heterocycles. The van der Waals surface area contributed by atoms with Gasteiger partial charge in [-0.1, -0.05) is 0 Å². The van der Waals surface area contributed by atoms with Crippen LogP contribution in [0, 0.1) is 4.77 Å². The van der Waals surface area contributed by atoms with Crippen molar-refractivity contribution < 1.29 is 4.79 Å². The fourth-order valence-corrected chi connectivity index (χ4v) is 1.92. The van der Waals surface area contributed by atoms with Crippen LogP contribution < -0.4 is 21.9 Å². The Morgan fingerprint density at radius 2 is 2.06 bits per heavy atom. The number of hydrogen-bond acceptors (Lipinski definition) is 5. The lowest BCUT2D eigenvalue weighted by molar-refractivity contribution is -0.117. The highest BCUT2D eigenvalue weighted by molar-refractivity contribution is 7.71. The van der Waals surface area contributed by atoms with E-state index in [2.05, 4.69) is 9.97 Å². The van der Waals surface area contributed by atoms with Crippen molar-refractivity contribution in [1.82, 2.24) is 9.97 Å². The van der Waals surface area contributed by atoms with Crippen molar-refractivity contribution in [2.75, 3.05) is 17.2 Å². The molecule has 86 valence electrons. The normalized spacial score (nSPS) is 20.4. The molecule has 1 saturated heterocycles. The van der Waals surface area contributed by atoms with Gasteiger partial charge in [-0.15, -0.1) is 0 Å². The van der Waals surface area contributed by atoms with Crippen molar-refractivity contribution in [2.24, 2.45) is 5.73 Å². The van der Waals surface area contributed by atoms with Crippen molar-refractivity contribution in [3.8, 4) is 0 Å². The summed E-state index contributed by atoms with van der Waals surface area (Å²) in [5.41, 5.74) is 10.9. The van der Waals surface area contributed by atoms with E-state index in [0.717, 1.165) is 0 Å². The van der Waals surface area contributed by atoms with E-state index in [4.69, 9.17) is 23.7 Å². The second-order valence-electron chi connectivity index (χ2n) is 3.64. The Morgan fingerprint density at radius 3 is 2.56 bits per heavy atom. The number of carbonyl (C=O) groups excluding carboxylic acids is 1. The summed E-state index contributed by atoms with van der Waals surface area (Å²) in [6, 6.07) is -0.269. The fourth-order valence-electron chi connectivity index (χ4n) is 1.72. The molecule has 0 bridgehead atoms. The van der Waals surface area contributed by atoms with Crippen LogP contribution in [0.5, 0.6) is 0 Å². The van der Waals surface area contributed by atoms with Gasteiger partial charge in [-0.05, 0) is 12.2 Å². The van der Waals surface area contributed by atoms with Gasteiger partial charge in [0.05, 0.1) is 0 Å². The number of aromatic amines is 2. The van der Waals surface area contributed by atoms with Crippen molar-refractivity contribution in [1.29, 1.82) is 0 Å². The summed E-state index contributed by atoms with van der Waals surface area (Å²) < 4.78 is 0.127. The second-order valence-corrected chi connectivity index (χ2v) is 4.05. The zero-order chi connectivity index (χ0) is 11.9. The highest BCUT2D eigenvalue weighted by Gasteiger charge is 2.31. The molecule has 1 atom stereocenters. The van der Waals surface area contributed by atoms with Gasteiger partial charge < -0.3 is 21.4 Å². The van der Waals surface area contributed by atoms with Crippen LogP contribution in [0.15, 0.2) is 4.79 Å². The van der Waals surface area contributed by atoms with E-state index in [-0.39, 0.29) is 41.2 Å². The first-order valence-electron chi connectivity index (χ1n) is 4.67. The Labute approximate surface area is 95.4 Å². The number of nitrogens with two attached hydrogens (primary N) is 2. The summed E-state index contributed by atoms with van der Waals surface area (Å²) in [4.78, 5) is 29.5. The van der Waals surface area contributed by atoms with Gasteiger partial charge in [0.1, 0.15) is 5.82 Å². The van der Waals surface area contributed by atoms with Crippen LogP contribution in [0.1, 0.15) is 6.42 Å². The van der Waals surface area contributed by atoms with Crippen molar-refractivity contribution in [3.05, 3.63) is 15.1 Å². The molecule has 1 aliphatic heterocycles. The summed E-state index contributed by atoms with van der Waals surface area (Å²) in [6.07, 6.45) is 0.217. The highest BCUT2D eigenvalue weighted by atomic mass is 32.1. The lowest BCUT2D eigenvalue weighted by atomic mass is 10.3. The van der Waals surface area contributed by atoms with Gasteiger partial charge in [0, 0.05) is 19.0 Å². The quantitative estimate of drug-likeness (QED) is 0.474. The lowest BCUT2D eigenvalue weighted by Gasteiger charge is -2.16. The minimum atomic E-state index is -0.483. The third kappa shape index (κ3) is 1.72. The van der Waals surface area contributed by atoms with Gasteiger partial charge in [0.25, 0.3) is 5.56 Å². The fraction of sp³-hybridized carbons (Fsp3) is 0.375. The Kier molecular flexibility index (Phi) is 2.52. The molecule has 0 aliphatic carbocycles. The summed E-state index contributed by atoms with van der Waals surface area (Å²) >= 11 is 4.75. The molecule has 1 fully saturated rings. The molecule has 2 rings (SSSR count). The zero-order valence-electron chi connectivity index (χ0n) is 8.32. The topological polar surface area (TPSA) is 121 Å². The SMILES string of the molecule is Nc1[nH]c(=S)[nH]c(=O)c1N1CC(N)CC1=O. The van der Waals surface area contributed by atoms with Gasteiger partial charge in [-0.3, -0.25) is 14.6 Å². The van der Waals surface area contributed by atoms with E-state index in [1.54, 1.807) is 0 Å². The molecule has 1 aromatic rings. The van der Waals surface area contributed by atoms with E-state index in [1.807, 2.05) is 0 Å². The minimum absolute atomic E-state index is 0.0798. The number of nitrogens with one attached hydrogen (secondary N) is 2. The maximum absolute atomic E-state index is 11.6. The van der Waals surface area contributed by atoms with Crippen LogP contribution in [0.3, 0.4) is 0 Å². The molecule has 6 N–H and O–H groups in total. The van der Waals surface area contributed by atoms with Gasteiger partial charge in [0.15, 0.2) is 10.5 Å². The number of carbonyl (C=O) groups is 1. The average Bonchev–Trinajstić information content (AvgIpc) is 2.43. The molecular formula is C8H11N5O2S. The minimum Gasteiger partial charge on any atom is -0.383 e. The number of nitrogen functional groups attached to an aromatic ring is 1. The third-order valence-corrected chi connectivity index (χ3v) is 2.57. The third-order valence-electron chi connectivity index (χ3n) is 2.37. The maximum Gasteiger partial charge on any atom is 0.277 e. The Bertz CT molecular complexity index is 548. The number of H-pyrrole nitrogens is 2. The lowest BCUT2D eigenvalue weighted by Crippen LogP contribution is -2.33. The molecule has 1 amide bonds. The summed E-state index contributed by atoms with van der Waals surface area (Å²) in [6.45, 7) is 0.288. The van der Waals surface area contributed by atoms with E-state index < -0.39 is 5.56 Å². The molecule has 16 heavy (non-hydrogen) atoms. The summed E-state index contributed by atoms with van der Waals surface area (Å²) in [7, 11) is 0. The molecule has 0 saturated carbocycles. The van der Waals surface area contributed by atoms with Crippen LogP contribution in [0.25, 0.3) is 0 Å². The number of nitrogens with zero attached hydrogens (tertiary/aromatic N) is 1. The zero-order valence-corrected chi connectivity index (χ0v) is 9.13.